The van der Waals surface area contributed by atoms with Crippen LogP contribution in [0.25, 0.3) is 0 Å². The fraction of sp³-hybridized carbons (Fsp3) is 0.316. The first-order valence-corrected chi connectivity index (χ1v) is 7.66. The van der Waals surface area contributed by atoms with Crippen LogP contribution in [0.3, 0.4) is 0 Å². The molecule has 0 aliphatic carbocycles. The fourth-order valence-corrected chi connectivity index (χ4v) is 2.36. The number of methoxy groups -OCH3 is 1. The van der Waals surface area contributed by atoms with Gasteiger partial charge < -0.3 is 10.1 Å². The van der Waals surface area contributed by atoms with E-state index in [1.54, 1.807) is 0 Å². The summed E-state index contributed by atoms with van der Waals surface area (Å²) in [6, 6.07) is 18.1. The summed E-state index contributed by atoms with van der Waals surface area (Å²) < 4.78 is 4.91. The standard InChI is InChI=1S/C19H23NO2/c1-3-15-9-11-17(12-10-15)14-20-18(19(21)22-2)13-16-7-5-4-6-8-16/h4-12,18,20H,3,13-14H2,1-2H3/t18-/m0/s1. The van der Waals surface area contributed by atoms with Gasteiger partial charge >= 0.3 is 5.97 Å². The van der Waals surface area contributed by atoms with Gasteiger partial charge in [0.05, 0.1) is 7.11 Å². The van der Waals surface area contributed by atoms with Gasteiger partial charge in [-0.2, -0.15) is 0 Å². The number of rotatable bonds is 7. The second-order valence-electron chi connectivity index (χ2n) is 5.32. The Bertz CT molecular complexity index is 578. The van der Waals surface area contributed by atoms with Crippen molar-refractivity contribution in [2.45, 2.75) is 32.4 Å². The highest BCUT2D eigenvalue weighted by Gasteiger charge is 2.18. The highest BCUT2D eigenvalue weighted by Crippen LogP contribution is 2.08. The minimum atomic E-state index is -0.335. The molecule has 2 rings (SSSR count). The first kappa shape index (κ1) is 16.2. The predicted molar refractivity (Wildman–Crippen MR) is 88.6 cm³/mol. The second-order valence-corrected chi connectivity index (χ2v) is 5.32. The number of nitrogens with one attached hydrogen (secondary N) is 1. The molecule has 116 valence electrons. The van der Waals surface area contributed by atoms with E-state index in [0.29, 0.717) is 13.0 Å². The summed E-state index contributed by atoms with van der Waals surface area (Å²) in [7, 11) is 1.43. The number of carbonyl (C=O) groups excluding carboxylic acids is 1. The topological polar surface area (TPSA) is 38.3 Å². The maximum Gasteiger partial charge on any atom is 0.323 e. The summed E-state index contributed by atoms with van der Waals surface area (Å²) in [4.78, 5) is 12.0. The van der Waals surface area contributed by atoms with Crippen molar-refractivity contribution in [2.24, 2.45) is 0 Å². The van der Waals surface area contributed by atoms with Crippen molar-refractivity contribution in [1.29, 1.82) is 0 Å². The van der Waals surface area contributed by atoms with E-state index in [0.717, 1.165) is 12.0 Å². The molecule has 0 unspecified atom stereocenters. The van der Waals surface area contributed by atoms with Crippen molar-refractivity contribution in [1.82, 2.24) is 5.32 Å². The molecule has 0 aliphatic heterocycles. The molecule has 1 atom stereocenters. The van der Waals surface area contributed by atoms with Crippen molar-refractivity contribution in [3.63, 3.8) is 0 Å². The van der Waals surface area contributed by atoms with Gasteiger partial charge in [-0.25, -0.2) is 0 Å². The van der Waals surface area contributed by atoms with Crippen LogP contribution in [0.2, 0.25) is 0 Å². The van der Waals surface area contributed by atoms with Crippen LogP contribution in [0.5, 0.6) is 0 Å². The zero-order valence-electron chi connectivity index (χ0n) is 13.2. The summed E-state index contributed by atoms with van der Waals surface area (Å²) in [5, 5.41) is 3.30. The third-order valence-electron chi connectivity index (χ3n) is 3.75. The average Bonchev–Trinajstić information content (AvgIpc) is 2.59. The Morgan fingerprint density at radius 2 is 1.64 bits per heavy atom. The summed E-state index contributed by atoms with van der Waals surface area (Å²) >= 11 is 0. The molecule has 0 fully saturated rings. The molecule has 22 heavy (non-hydrogen) atoms. The highest BCUT2D eigenvalue weighted by atomic mass is 16.5. The first-order chi connectivity index (χ1) is 10.7. The summed E-state index contributed by atoms with van der Waals surface area (Å²) in [6.45, 7) is 2.79. The SMILES string of the molecule is CCc1ccc(CN[C@@H](Cc2ccccc2)C(=O)OC)cc1. The van der Waals surface area contributed by atoms with Crippen molar-refractivity contribution < 1.29 is 9.53 Å². The molecule has 2 aromatic carbocycles. The molecule has 0 heterocycles. The van der Waals surface area contributed by atoms with Crippen LogP contribution < -0.4 is 5.32 Å². The Morgan fingerprint density at radius 1 is 1.00 bits per heavy atom. The Hall–Kier alpha value is -2.13. The lowest BCUT2D eigenvalue weighted by Gasteiger charge is -2.17. The van der Waals surface area contributed by atoms with Gasteiger partial charge in [0.2, 0.25) is 0 Å². The van der Waals surface area contributed by atoms with Gasteiger partial charge in [-0.3, -0.25) is 4.79 Å². The Balaban J connectivity index is 1.98. The van der Waals surface area contributed by atoms with Crippen LogP contribution in [-0.2, 0) is 28.9 Å². The molecule has 0 amide bonds. The lowest BCUT2D eigenvalue weighted by atomic mass is 10.1. The van der Waals surface area contributed by atoms with Gasteiger partial charge in [0, 0.05) is 6.54 Å². The van der Waals surface area contributed by atoms with Gasteiger partial charge in [-0.1, -0.05) is 61.5 Å². The van der Waals surface area contributed by atoms with E-state index in [1.165, 1.54) is 18.2 Å². The van der Waals surface area contributed by atoms with E-state index in [4.69, 9.17) is 4.74 Å². The fourth-order valence-electron chi connectivity index (χ4n) is 2.36. The third kappa shape index (κ3) is 4.71. The molecule has 1 N–H and O–H groups in total. The number of esters is 1. The molecule has 0 saturated carbocycles. The zero-order chi connectivity index (χ0) is 15.8. The van der Waals surface area contributed by atoms with E-state index >= 15 is 0 Å². The monoisotopic (exact) mass is 297 g/mol. The quantitative estimate of drug-likeness (QED) is 0.798. The van der Waals surface area contributed by atoms with Crippen molar-refractivity contribution in [2.75, 3.05) is 7.11 Å². The molecule has 0 spiro atoms. The minimum absolute atomic E-state index is 0.228. The smallest absolute Gasteiger partial charge is 0.323 e. The van der Waals surface area contributed by atoms with Gasteiger partial charge in [0.15, 0.2) is 0 Å². The number of benzene rings is 2. The lowest BCUT2D eigenvalue weighted by Crippen LogP contribution is -2.39. The van der Waals surface area contributed by atoms with Crippen LogP contribution in [0.4, 0.5) is 0 Å². The number of hydrogen-bond acceptors (Lipinski definition) is 3. The molecule has 0 aromatic heterocycles. The lowest BCUT2D eigenvalue weighted by molar-refractivity contribution is -0.143. The molecular formula is C19H23NO2. The van der Waals surface area contributed by atoms with E-state index in [2.05, 4.69) is 36.5 Å². The Morgan fingerprint density at radius 3 is 2.23 bits per heavy atom. The molecule has 0 bridgehead atoms. The number of aryl methyl sites for hydroxylation is 1. The zero-order valence-corrected chi connectivity index (χ0v) is 13.2. The van der Waals surface area contributed by atoms with Crippen LogP contribution in [0.1, 0.15) is 23.6 Å². The maximum atomic E-state index is 12.0. The molecule has 3 nitrogen and oxygen atoms in total. The van der Waals surface area contributed by atoms with Gasteiger partial charge in [-0.05, 0) is 29.5 Å². The summed E-state index contributed by atoms with van der Waals surface area (Å²) in [5.74, 6) is -0.228. The van der Waals surface area contributed by atoms with Gasteiger partial charge in [0.25, 0.3) is 0 Å². The molecular weight excluding hydrogens is 274 g/mol. The Labute approximate surface area is 132 Å². The van der Waals surface area contributed by atoms with Crippen molar-refractivity contribution in [3.8, 4) is 0 Å². The molecule has 2 aromatic rings. The second kappa shape index (κ2) is 8.35. The Kier molecular flexibility index (Phi) is 6.16. The van der Waals surface area contributed by atoms with E-state index < -0.39 is 0 Å². The number of hydrogen-bond donors (Lipinski definition) is 1. The van der Waals surface area contributed by atoms with Crippen LogP contribution in [0.15, 0.2) is 54.6 Å². The molecule has 3 heteroatoms. The molecule has 0 saturated heterocycles. The number of carbonyl (C=O) groups is 1. The predicted octanol–water partition coefficient (Wildman–Crippen LogP) is 3.12. The van der Waals surface area contributed by atoms with Crippen molar-refractivity contribution in [3.05, 3.63) is 71.3 Å². The molecule has 0 radical (unpaired) electrons. The van der Waals surface area contributed by atoms with E-state index in [-0.39, 0.29) is 12.0 Å². The van der Waals surface area contributed by atoms with Crippen LogP contribution >= 0.6 is 0 Å². The van der Waals surface area contributed by atoms with Crippen molar-refractivity contribution >= 4 is 5.97 Å². The summed E-state index contributed by atoms with van der Waals surface area (Å²) in [5.41, 5.74) is 3.60. The largest absolute Gasteiger partial charge is 0.468 e. The van der Waals surface area contributed by atoms with Gasteiger partial charge in [-0.15, -0.1) is 0 Å². The highest BCUT2D eigenvalue weighted by molar-refractivity contribution is 5.76. The number of ether oxygens (including phenoxy) is 1. The van der Waals surface area contributed by atoms with Crippen LogP contribution in [0, 0.1) is 0 Å². The normalized spacial score (nSPS) is 11.9. The summed E-state index contributed by atoms with van der Waals surface area (Å²) in [6.07, 6.45) is 1.66. The minimum Gasteiger partial charge on any atom is -0.468 e. The van der Waals surface area contributed by atoms with E-state index in [9.17, 15) is 4.79 Å². The third-order valence-corrected chi connectivity index (χ3v) is 3.75. The first-order valence-electron chi connectivity index (χ1n) is 7.66. The van der Waals surface area contributed by atoms with E-state index in [1.807, 2.05) is 30.3 Å². The van der Waals surface area contributed by atoms with Crippen LogP contribution in [-0.4, -0.2) is 19.1 Å². The average molecular weight is 297 g/mol. The maximum absolute atomic E-state index is 12.0. The van der Waals surface area contributed by atoms with Gasteiger partial charge in [0.1, 0.15) is 6.04 Å². The molecule has 0 aliphatic rings.